The predicted octanol–water partition coefficient (Wildman–Crippen LogP) is 3.91. The summed E-state index contributed by atoms with van der Waals surface area (Å²) in [5.41, 5.74) is -2.47. The second-order valence-electron chi connectivity index (χ2n) is 3.67. The maximum atomic E-state index is 12.6. The summed E-state index contributed by atoms with van der Waals surface area (Å²) >= 11 is 0. The summed E-state index contributed by atoms with van der Waals surface area (Å²) in [6.45, 7) is 0. The Kier molecular flexibility index (Phi) is 3.03. The summed E-state index contributed by atoms with van der Waals surface area (Å²) in [5.74, 6) is 0. The first kappa shape index (κ1) is 13.4. The molecule has 0 fully saturated rings. The van der Waals surface area contributed by atoms with Gasteiger partial charge < -0.3 is 0 Å². The van der Waals surface area contributed by atoms with Crippen LogP contribution >= 0.6 is 0 Å². The highest BCUT2D eigenvalue weighted by molar-refractivity contribution is 5.38. The van der Waals surface area contributed by atoms with Gasteiger partial charge in [-0.2, -0.15) is 31.4 Å². The number of hydrogen-bond acceptors (Lipinski definition) is 1. The third-order valence-electron chi connectivity index (χ3n) is 2.35. The number of aromatic nitrogens is 2. The Hall–Kier alpha value is -1.99. The van der Waals surface area contributed by atoms with Crippen LogP contribution in [-0.2, 0) is 12.4 Å². The number of benzene rings is 1. The van der Waals surface area contributed by atoms with Crippen molar-refractivity contribution in [1.29, 1.82) is 0 Å². The van der Waals surface area contributed by atoms with Gasteiger partial charge in [0.15, 0.2) is 0 Å². The lowest BCUT2D eigenvalue weighted by Gasteiger charge is -2.12. The molecule has 102 valence electrons. The lowest BCUT2D eigenvalue weighted by Crippen LogP contribution is -2.14. The van der Waals surface area contributed by atoms with E-state index in [-0.39, 0.29) is 5.69 Å². The Bertz CT molecular complexity index is 581. The van der Waals surface area contributed by atoms with Crippen LogP contribution in [0.5, 0.6) is 0 Å². The highest BCUT2D eigenvalue weighted by Gasteiger charge is 2.36. The lowest BCUT2D eigenvalue weighted by molar-refractivity contribution is -0.142. The first-order valence-corrected chi connectivity index (χ1v) is 4.98. The van der Waals surface area contributed by atoms with E-state index in [9.17, 15) is 26.3 Å². The van der Waals surface area contributed by atoms with E-state index in [0.29, 0.717) is 16.8 Å². The van der Waals surface area contributed by atoms with E-state index in [2.05, 4.69) is 5.10 Å². The van der Waals surface area contributed by atoms with E-state index in [1.807, 2.05) is 0 Å². The van der Waals surface area contributed by atoms with E-state index < -0.39 is 23.6 Å². The van der Waals surface area contributed by atoms with Crippen molar-refractivity contribution in [2.75, 3.05) is 0 Å². The largest absolute Gasteiger partial charge is 0.433 e. The SMILES string of the molecule is FC(F)(F)c1cccc(-n2nccc2C(F)(F)F)c1. The van der Waals surface area contributed by atoms with E-state index in [0.717, 1.165) is 24.4 Å². The summed E-state index contributed by atoms with van der Waals surface area (Å²) in [4.78, 5) is 0. The summed E-state index contributed by atoms with van der Waals surface area (Å²) in [5, 5.41) is 3.41. The molecule has 8 heteroatoms. The molecule has 0 aliphatic heterocycles. The minimum absolute atomic E-state index is 0.299. The van der Waals surface area contributed by atoms with Crippen molar-refractivity contribution in [3.63, 3.8) is 0 Å². The van der Waals surface area contributed by atoms with Crippen molar-refractivity contribution in [1.82, 2.24) is 9.78 Å². The van der Waals surface area contributed by atoms with Crippen molar-refractivity contribution >= 4 is 0 Å². The molecule has 0 bridgehead atoms. The second-order valence-corrected chi connectivity index (χ2v) is 3.67. The molecule has 1 heterocycles. The number of hydrogen-bond donors (Lipinski definition) is 0. The zero-order valence-corrected chi connectivity index (χ0v) is 9.13. The topological polar surface area (TPSA) is 17.8 Å². The Labute approximate surface area is 103 Å². The van der Waals surface area contributed by atoms with Gasteiger partial charge in [-0.1, -0.05) is 6.07 Å². The second kappa shape index (κ2) is 4.29. The van der Waals surface area contributed by atoms with E-state index >= 15 is 0 Å². The molecule has 0 N–H and O–H groups in total. The smallest absolute Gasteiger partial charge is 0.229 e. The maximum absolute atomic E-state index is 12.6. The van der Waals surface area contributed by atoms with Crippen LogP contribution in [0.3, 0.4) is 0 Å². The molecule has 2 nitrogen and oxygen atoms in total. The molecular formula is C11H6F6N2. The van der Waals surface area contributed by atoms with Crippen LogP contribution in [-0.4, -0.2) is 9.78 Å². The highest BCUT2D eigenvalue weighted by atomic mass is 19.4. The van der Waals surface area contributed by atoms with Crippen LogP contribution in [0, 0.1) is 0 Å². The minimum Gasteiger partial charge on any atom is -0.229 e. The average molecular weight is 280 g/mol. The van der Waals surface area contributed by atoms with Crippen molar-refractivity contribution in [2.24, 2.45) is 0 Å². The zero-order valence-electron chi connectivity index (χ0n) is 9.13. The first-order valence-electron chi connectivity index (χ1n) is 4.98. The van der Waals surface area contributed by atoms with Gasteiger partial charge in [-0.3, -0.25) is 0 Å². The molecule has 0 aliphatic rings. The van der Waals surface area contributed by atoms with Gasteiger partial charge in [0.2, 0.25) is 0 Å². The van der Waals surface area contributed by atoms with Gasteiger partial charge in [0.25, 0.3) is 0 Å². The Morgan fingerprint density at radius 3 is 2.16 bits per heavy atom. The molecule has 0 spiro atoms. The molecule has 1 aromatic heterocycles. The lowest BCUT2D eigenvalue weighted by atomic mass is 10.2. The third-order valence-corrected chi connectivity index (χ3v) is 2.35. The van der Waals surface area contributed by atoms with Gasteiger partial charge in [-0.15, -0.1) is 0 Å². The van der Waals surface area contributed by atoms with Gasteiger partial charge in [0, 0.05) is 0 Å². The molecule has 0 saturated heterocycles. The van der Waals surface area contributed by atoms with Crippen molar-refractivity contribution in [3.05, 3.63) is 47.8 Å². The van der Waals surface area contributed by atoms with Crippen LogP contribution < -0.4 is 0 Å². The van der Waals surface area contributed by atoms with Crippen molar-refractivity contribution in [3.8, 4) is 5.69 Å². The molecule has 0 atom stereocenters. The van der Waals surface area contributed by atoms with Crippen molar-refractivity contribution < 1.29 is 26.3 Å². The minimum atomic E-state index is -4.69. The van der Waals surface area contributed by atoms with Gasteiger partial charge in [-0.25, -0.2) is 4.68 Å². The van der Waals surface area contributed by atoms with E-state index in [4.69, 9.17) is 0 Å². The van der Waals surface area contributed by atoms with Crippen LogP contribution in [0.15, 0.2) is 36.5 Å². The average Bonchev–Trinajstić information content (AvgIpc) is 2.76. The molecule has 2 rings (SSSR count). The fourth-order valence-corrected chi connectivity index (χ4v) is 1.54. The molecule has 0 radical (unpaired) electrons. The highest BCUT2D eigenvalue weighted by Crippen LogP contribution is 2.33. The predicted molar refractivity (Wildman–Crippen MR) is 53.6 cm³/mol. The summed E-state index contributed by atoms with van der Waals surface area (Å²) in [6.07, 6.45) is -8.44. The van der Waals surface area contributed by atoms with E-state index in [1.54, 1.807) is 0 Å². The van der Waals surface area contributed by atoms with Gasteiger partial charge in [0.1, 0.15) is 5.69 Å². The van der Waals surface area contributed by atoms with Gasteiger partial charge >= 0.3 is 12.4 Å². The van der Waals surface area contributed by atoms with Crippen LogP contribution in [0.1, 0.15) is 11.3 Å². The summed E-state index contributed by atoms with van der Waals surface area (Å²) in [6, 6.07) is 4.24. The van der Waals surface area contributed by atoms with E-state index in [1.165, 1.54) is 0 Å². The summed E-state index contributed by atoms with van der Waals surface area (Å²) in [7, 11) is 0. The number of alkyl halides is 6. The zero-order chi connectivity index (χ0) is 14.3. The number of nitrogens with zero attached hydrogens (tertiary/aromatic N) is 2. The maximum Gasteiger partial charge on any atom is 0.433 e. The Morgan fingerprint density at radius 2 is 1.58 bits per heavy atom. The standard InChI is InChI=1S/C11H6F6N2/c12-10(13,14)7-2-1-3-8(6-7)19-9(4-5-18-19)11(15,16)17/h1-6H. The van der Waals surface area contributed by atoms with Gasteiger partial charge in [-0.05, 0) is 24.3 Å². The van der Waals surface area contributed by atoms with Crippen LogP contribution in [0.25, 0.3) is 5.69 Å². The van der Waals surface area contributed by atoms with Gasteiger partial charge in [0.05, 0.1) is 17.4 Å². The molecule has 0 saturated carbocycles. The molecule has 19 heavy (non-hydrogen) atoms. The quantitative estimate of drug-likeness (QED) is 0.724. The monoisotopic (exact) mass is 280 g/mol. The molecule has 0 aliphatic carbocycles. The Balaban J connectivity index is 2.52. The normalized spacial score (nSPS) is 12.7. The molecule has 1 aromatic carbocycles. The number of halogens is 6. The van der Waals surface area contributed by atoms with Crippen LogP contribution in [0.2, 0.25) is 0 Å². The first-order chi connectivity index (χ1) is 8.69. The number of rotatable bonds is 1. The third kappa shape index (κ3) is 2.72. The fraction of sp³-hybridized carbons (Fsp3) is 0.182. The Morgan fingerprint density at radius 1 is 0.895 bits per heavy atom. The van der Waals surface area contributed by atoms with Crippen LogP contribution in [0.4, 0.5) is 26.3 Å². The fourth-order valence-electron chi connectivity index (χ4n) is 1.54. The van der Waals surface area contributed by atoms with Crippen molar-refractivity contribution in [2.45, 2.75) is 12.4 Å². The molecular weight excluding hydrogens is 274 g/mol. The summed E-state index contributed by atoms with van der Waals surface area (Å²) < 4.78 is 75.8. The molecule has 0 unspecified atom stereocenters. The molecule has 0 amide bonds. The molecule has 2 aromatic rings.